The molecule has 0 aromatic heterocycles. The van der Waals surface area contributed by atoms with Crippen molar-refractivity contribution in [2.24, 2.45) is 11.3 Å². The van der Waals surface area contributed by atoms with E-state index in [0.717, 1.165) is 32.1 Å². The SMILES string of the molecule is CC1(C)Cc2c(Br)cccc2C1NC1CCC(C(=O)O)CC1. The van der Waals surface area contributed by atoms with E-state index in [2.05, 4.69) is 53.3 Å². The van der Waals surface area contributed by atoms with Gasteiger partial charge in [-0.15, -0.1) is 0 Å². The van der Waals surface area contributed by atoms with E-state index in [1.54, 1.807) is 0 Å². The van der Waals surface area contributed by atoms with Gasteiger partial charge in [0.25, 0.3) is 0 Å². The van der Waals surface area contributed by atoms with Crippen LogP contribution in [-0.4, -0.2) is 17.1 Å². The van der Waals surface area contributed by atoms with E-state index < -0.39 is 5.97 Å². The summed E-state index contributed by atoms with van der Waals surface area (Å²) in [5, 5.41) is 13.0. The molecule has 3 rings (SSSR count). The molecule has 2 aliphatic rings. The number of rotatable bonds is 3. The van der Waals surface area contributed by atoms with Crippen LogP contribution in [-0.2, 0) is 11.2 Å². The maximum Gasteiger partial charge on any atom is 0.306 e. The number of halogens is 1. The zero-order valence-corrected chi connectivity index (χ0v) is 14.8. The number of carbonyl (C=O) groups is 1. The summed E-state index contributed by atoms with van der Waals surface area (Å²) in [6.45, 7) is 4.64. The van der Waals surface area contributed by atoms with E-state index in [0.29, 0.717) is 12.1 Å². The van der Waals surface area contributed by atoms with Gasteiger partial charge in [-0.05, 0) is 54.7 Å². The van der Waals surface area contributed by atoms with Crippen molar-refractivity contribution in [2.75, 3.05) is 0 Å². The molecule has 3 nitrogen and oxygen atoms in total. The lowest BCUT2D eigenvalue weighted by Crippen LogP contribution is -2.41. The maximum absolute atomic E-state index is 11.1. The second kappa shape index (κ2) is 5.97. The van der Waals surface area contributed by atoms with E-state index in [1.165, 1.54) is 15.6 Å². The molecule has 0 amide bonds. The first-order valence-electron chi connectivity index (χ1n) is 8.14. The second-order valence-corrected chi connectivity index (χ2v) is 8.31. The van der Waals surface area contributed by atoms with Gasteiger partial charge in [0.05, 0.1) is 5.92 Å². The van der Waals surface area contributed by atoms with Crippen LogP contribution in [0.4, 0.5) is 0 Å². The molecule has 2 aliphatic carbocycles. The molecular formula is C18H24BrNO2. The van der Waals surface area contributed by atoms with Crippen LogP contribution in [0.25, 0.3) is 0 Å². The van der Waals surface area contributed by atoms with Crippen molar-refractivity contribution in [3.63, 3.8) is 0 Å². The van der Waals surface area contributed by atoms with Crippen LogP contribution in [0.15, 0.2) is 22.7 Å². The Bertz CT molecular complexity index is 576. The molecule has 1 aromatic carbocycles. The molecule has 1 unspecified atom stereocenters. The third kappa shape index (κ3) is 2.95. The highest BCUT2D eigenvalue weighted by Crippen LogP contribution is 2.48. The predicted molar refractivity (Wildman–Crippen MR) is 90.9 cm³/mol. The molecule has 22 heavy (non-hydrogen) atoms. The lowest BCUT2D eigenvalue weighted by molar-refractivity contribution is -0.142. The van der Waals surface area contributed by atoms with Crippen LogP contribution in [0.1, 0.15) is 56.7 Å². The molecular weight excluding hydrogens is 342 g/mol. The molecule has 1 aromatic rings. The molecule has 1 atom stereocenters. The number of aliphatic carboxylic acids is 1. The summed E-state index contributed by atoms with van der Waals surface area (Å²) in [5.74, 6) is -0.773. The molecule has 2 N–H and O–H groups in total. The first-order chi connectivity index (χ1) is 10.4. The standard InChI is InChI=1S/C18H24BrNO2/c1-18(2)10-14-13(4-3-5-15(14)19)16(18)20-12-8-6-11(7-9-12)17(21)22/h3-5,11-12,16,20H,6-10H2,1-2H3,(H,21,22). The zero-order chi connectivity index (χ0) is 15.9. The summed E-state index contributed by atoms with van der Waals surface area (Å²) in [5.41, 5.74) is 3.01. The number of fused-ring (bicyclic) bond motifs is 1. The fourth-order valence-electron chi connectivity index (χ4n) is 4.07. The first kappa shape index (κ1) is 16.0. The molecule has 0 heterocycles. The summed E-state index contributed by atoms with van der Waals surface area (Å²) in [6, 6.07) is 7.25. The van der Waals surface area contributed by atoms with Gasteiger partial charge >= 0.3 is 5.97 Å². The number of hydrogen-bond donors (Lipinski definition) is 2. The molecule has 0 spiro atoms. The van der Waals surface area contributed by atoms with Gasteiger partial charge in [-0.1, -0.05) is 41.9 Å². The second-order valence-electron chi connectivity index (χ2n) is 7.46. The Labute approximate surface area is 140 Å². The molecule has 4 heteroatoms. The summed E-state index contributed by atoms with van der Waals surface area (Å²) in [4.78, 5) is 11.1. The van der Waals surface area contributed by atoms with E-state index in [4.69, 9.17) is 5.11 Å². The van der Waals surface area contributed by atoms with Gasteiger partial charge in [-0.2, -0.15) is 0 Å². The quantitative estimate of drug-likeness (QED) is 0.838. The van der Waals surface area contributed by atoms with Crippen LogP contribution in [0.3, 0.4) is 0 Å². The van der Waals surface area contributed by atoms with Gasteiger partial charge in [0, 0.05) is 16.6 Å². The van der Waals surface area contributed by atoms with Crippen molar-refractivity contribution < 1.29 is 9.90 Å². The van der Waals surface area contributed by atoms with Crippen molar-refractivity contribution in [1.82, 2.24) is 5.32 Å². The topological polar surface area (TPSA) is 49.3 Å². The Morgan fingerprint density at radius 1 is 1.27 bits per heavy atom. The first-order valence-corrected chi connectivity index (χ1v) is 8.94. The molecule has 1 fully saturated rings. The zero-order valence-electron chi connectivity index (χ0n) is 13.2. The Morgan fingerprint density at radius 2 is 1.95 bits per heavy atom. The Hall–Kier alpha value is -0.870. The lowest BCUT2D eigenvalue weighted by atomic mass is 9.82. The van der Waals surface area contributed by atoms with Crippen molar-refractivity contribution in [3.05, 3.63) is 33.8 Å². The maximum atomic E-state index is 11.1. The van der Waals surface area contributed by atoms with Gasteiger partial charge < -0.3 is 10.4 Å². The average molecular weight is 366 g/mol. The lowest BCUT2D eigenvalue weighted by Gasteiger charge is -2.35. The minimum atomic E-state index is -0.631. The summed E-state index contributed by atoms with van der Waals surface area (Å²) in [6.07, 6.45) is 4.60. The fourth-order valence-corrected chi connectivity index (χ4v) is 4.59. The van der Waals surface area contributed by atoms with Crippen molar-refractivity contribution in [2.45, 2.75) is 58.0 Å². The third-order valence-electron chi connectivity index (χ3n) is 5.36. The van der Waals surface area contributed by atoms with Crippen LogP contribution in [0.2, 0.25) is 0 Å². The van der Waals surface area contributed by atoms with E-state index >= 15 is 0 Å². The number of carboxylic acid groups (broad SMARTS) is 1. The molecule has 0 radical (unpaired) electrons. The molecule has 1 saturated carbocycles. The number of benzene rings is 1. The van der Waals surface area contributed by atoms with Crippen LogP contribution >= 0.6 is 15.9 Å². The highest BCUT2D eigenvalue weighted by molar-refractivity contribution is 9.10. The highest BCUT2D eigenvalue weighted by atomic mass is 79.9. The van der Waals surface area contributed by atoms with Gasteiger partial charge in [0.1, 0.15) is 0 Å². The molecule has 0 bridgehead atoms. The van der Waals surface area contributed by atoms with Crippen molar-refractivity contribution in [1.29, 1.82) is 0 Å². The van der Waals surface area contributed by atoms with Crippen molar-refractivity contribution in [3.8, 4) is 0 Å². The Morgan fingerprint density at radius 3 is 2.59 bits per heavy atom. The van der Waals surface area contributed by atoms with Crippen LogP contribution in [0, 0.1) is 11.3 Å². The van der Waals surface area contributed by atoms with E-state index in [9.17, 15) is 4.79 Å². The average Bonchev–Trinajstić information content (AvgIpc) is 2.72. The fraction of sp³-hybridized carbons (Fsp3) is 0.611. The smallest absolute Gasteiger partial charge is 0.306 e. The molecule has 0 aliphatic heterocycles. The Kier molecular flexibility index (Phi) is 4.34. The minimum Gasteiger partial charge on any atom is -0.481 e. The van der Waals surface area contributed by atoms with Crippen LogP contribution in [0.5, 0.6) is 0 Å². The van der Waals surface area contributed by atoms with Gasteiger partial charge in [-0.3, -0.25) is 4.79 Å². The van der Waals surface area contributed by atoms with E-state index in [-0.39, 0.29) is 11.3 Å². The van der Waals surface area contributed by atoms with Gasteiger partial charge in [0.15, 0.2) is 0 Å². The molecule has 120 valence electrons. The number of nitrogens with one attached hydrogen (secondary N) is 1. The Balaban J connectivity index is 1.73. The molecule has 0 saturated heterocycles. The highest BCUT2D eigenvalue weighted by Gasteiger charge is 2.41. The normalized spacial score (nSPS) is 30.0. The van der Waals surface area contributed by atoms with Gasteiger partial charge in [0.2, 0.25) is 0 Å². The predicted octanol–water partition coefficient (Wildman–Crippen LogP) is 4.31. The van der Waals surface area contributed by atoms with Gasteiger partial charge in [-0.25, -0.2) is 0 Å². The van der Waals surface area contributed by atoms with Crippen LogP contribution < -0.4 is 5.32 Å². The van der Waals surface area contributed by atoms with Crippen molar-refractivity contribution >= 4 is 21.9 Å². The largest absolute Gasteiger partial charge is 0.481 e. The summed E-state index contributed by atoms with van der Waals surface area (Å²) < 4.78 is 1.21. The monoisotopic (exact) mass is 365 g/mol. The summed E-state index contributed by atoms with van der Waals surface area (Å²) >= 11 is 3.68. The minimum absolute atomic E-state index is 0.143. The number of carboxylic acids is 1. The third-order valence-corrected chi connectivity index (χ3v) is 6.10. The summed E-state index contributed by atoms with van der Waals surface area (Å²) in [7, 11) is 0. The number of hydrogen-bond acceptors (Lipinski definition) is 2. The van der Waals surface area contributed by atoms with E-state index in [1.807, 2.05) is 0 Å².